The number of nitrogens with two attached hydrogens (primary N) is 1. The Bertz CT molecular complexity index is 20.9. The number of hydrogen-bond acceptors (Lipinski definition) is 1. The van der Waals surface area contributed by atoms with Crippen LogP contribution >= 0.6 is 0 Å². The molecule has 0 unspecified atom stereocenters. The first-order chi connectivity index (χ1) is 2.27. The summed E-state index contributed by atoms with van der Waals surface area (Å²) in [7, 11) is 0. The van der Waals surface area contributed by atoms with Gasteiger partial charge < -0.3 is 0 Å². The average Bonchev–Trinajstić information content (AvgIpc) is 1.38. The summed E-state index contributed by atoms with van der Waals surface area (Å²) in [5.74, 6) is 0. The minimum atomic E-state index is 0.356. The van der Waals surface area contributed by atoms with Crippen LogP contribution in [-0.4, -0.2) is 22.1 Å². The van der Waals surface area contributed by atoms with E-state index in [1.54, 1.807) is 0 Å². The quantitative estimate of drug-likeness (QED) is 0.492. The second-order valence-electron chi connectivity index (χ2n) is 1.16. The van der Waals surface area contributed by atoms with E-state index in [0.717, 1.165) is 5.32 Å². The van der Waals surface area contributed by atoms with Crippen molar-refractivity contribution in [3.05, 3.63) is 0 Å². The molecule has 0 aromatic carbocycles. The van der Waals surface area contributed by atoms with Gasteiger partial charge in [0.15, 0.2) is 0 Å². The molecule has 0 radical (unpaired) electrons. The first kappa shape index (κ1) is 5.48. The molecule has 0 aliphatic heterocycles. The maximum absolute atomic E-state index is 5.28. The van der Waals surface area contributed by atoms with Gasteiger partial charge in [-0.3, -0.25) is 0 Å². The predicted molar refractivity (Wildman–Crippen MR) is 25.6 cm³/mol. The molecule has 2 heteroatoms. The molecule has 0 saturated carbocycles. The van der Waals surface area contributed by atoms with Crippen LogP contribution in [-0.2, 0) is 0 Å². The Labute approximate surface area is 40.7 Å². The van der Waals surface area contributed by atoms with Gasteiger partial charge >= 0.3 is 40.0 Å². The second-order valence-corrected chi connectivity index (χ2v) is 1.93. The van der Waals surface area contributed by atoms with E-state index in [2.05, 4.69) is 16.0 Å². The zero-order valence-electron chi connectivity index (χ0n) is 3.31. The molecule has 0 amide bonds. The molecular formula is C3H9NSe. The van der Waals surface area contributed by atoms with Gasteiger partial charge in [-0.1, -0.05) is 0 Å². The molecule has 1 nitrogen and oxygen atoms in total. The molecule has 2 N–H and O–H groups in total. The fraction of sp³-hybridized carbons (Fsp3) is 1.00. The molecule has 0 fully saturated rings. The molecule has 0 heterocycles. The van der Waals surface area contributed by atoms with Crippen LogP contribution in [0.15, 0.2) is 0 Å². The fourth-order valence-electron chi connectivity index (χ4n) is 0. The van der Waals surface area contributed by atoms with Crippen molar-refractivity contribution in [3.63, 3.8) is 0 Å². The maximum atomic E-state index is 5.28. The molecule has 0 rings (SSSR count). The summed E-state index contributed by atoms with van der Waals surface area (Å²) in [6, 6.07) is 0.356. The normalized spacial score (nSPS) is 15.0. The summed E-state index contributed by atoms with van der Waals surface area (Å²) in [6.07, 6.45) is 0. The Morgan fingerprint density at radius 3 is 2.20 bits per heavy atom. The SMILES string of the molecule is C[C@@H](N)C[SeH]. The summed E-state index contributed by atoms with van der Waals surface area (Å²) in [6.45, 7) is 1.98. The molecule has 0 bridgehead atoms. The van der Waals surface area contributed by atoms with Crippen LogP contribution in [0.25, 0.3) is 0 Å². The standard InChI is InChI=1S/C3H9NSe/c1-3(4)2-5/h3,5H,2,4H2,1H3/t3-/m1/s1. The van der Waals surface area contributed by atoms with Crippen LogP contribution in [0.5, 0.6) is 0 Å². The molecule has 0 aliphatic carbocycles. The average molecular weight is 138 g/mol. The van der Waals surface area contributed by atoms with Gasteiger partial charge in [-0.05, 0) is 0 Å². The van der Waals surface area contributed by atoms with E-state index in [0.29, 0.717) is 6.04 Å². The first-order valence-corrected chi connectivity index (χ1v) is 2.96. The molecular weight excluding hydrogens is 129 g/mol. The molecule has 0 spiro atoms. The third-order valence-electron chi connectivity index (χ3n) is 0.288. The molecule has 0 aromatic rings. The van der Waals surface area contributed by atoms with Crippen molar-refractivity contribution >= 4 is 16.0 Å². The molecule has 0 saturated heterocycles. The minimum absolute atomic E-state index is 0.356. The Balaban J connectivity index is 2.54. The predicted octanol–water partition coefficient (Wildman–Crippen LogP) is -0.347. The number of rotatable bonds is 1. The Kier molecular flexibility index (Phi) is 2.96. The zero-order valence-corrected chi connectivity index (χ0v) is 5.19. The van der Waals surface area contributed by atoms with Crippen LogP contribution in [0.3, 0.4) is 0 Å². The third-order valence-corrected chi connectivity index (χ3v) is 1.50. The Morgan fingerprint density at radius 2 is 2.20 bits per heavy atom. The van der Waals surface area contributed by atoms with Crippen molar-refractivity contribution in [3.8, 4) is 0 Å². The van der Waals surface area contributed by atoms with E-state index in [9.17, 15) is 0 Å². The molecule has 32 valence electrons. The van der Waals surface area contributed by atoms with E-state index >= 15 is 0 Å². The van der Waals surface area contributed by atoms with Crippen molar-refractivity contribution in [1.82, 2.24) is 0 Å². The summed E-state index contributed by atoms with van der Waals surface area (Å²) in [5.41, 5.74) is 5.28. The van der Waals surface area contributed by atoms with Gasteiger partial charge in [0.2, 0.25) is 0 Å². The van der Waals surface area contributed by atoms with Gasteiger partial charge in [-0.15, -0.1) is 0 Å². The summed E-state index contributed by atoms with van der Waals surface area (Å²) in [5, 5.41) is 1.02. The molecule has 0 aliphatic rings. The first-order valence-electron chi connectivity index (χ1n) is 1.64. The van der Waals surface area contributed by atoms with E-state index in [4.69, 9.17) is 5.73 Å². The van der Waals surface area contributed by atoms with Gasteiger partial charge in [0.25, 0.3) is 0 Å². The van der Waals surface area contributed by atoms with Crippen LogP contribution in [0.2, 0.25) is 5.32 Å². The monoisotopic (exact) mass is 139 g/mol. The van der Waals surface area contributed by atoms with Gasteiger partial charge in [0, 0.05) is 0 Å². The van der Waals surface area contributed by atoms with Crippen molar-refractivity contribution in [2.45, 2.75) is 18.3 Å². The zero-order chi connectivity index (χ0) is 4.28. The molecule has 1 atom stereocenters. The van der Waals surface area contributed by atoms with Crippen LogP contribution < -0.4 is 5.73 Å². The van der Waals surface area contributed by atoms with Crippen LogP contribution in [0.4, 0.5) is 0 Å². The summed E-state index contributed by atoms with van der Waals surface area (Å²) >= 11 is 2.45. The topological polar surface area (TPSA) is 26.0 Å². The summed E-state index contributed by atoms with van der Waals surface area (Å²) < 4.78 is 0. The second kappa shape index (κ2) is 2.70. The van der Waals surface area contributed by atoms with Crippen molar-refractivity contribution in [2.24, 2.45) is 5.73 Å². The van der Waals surface area contributed by atoms with Crippen LogP contribution in [0.1, 0.15) is 6.92 Å². The van der Waals surface area contributed by atoms with Crippen molar-refractivity contribution < 1.29 is 0 Å². The van der Waals surface area contributed by atoms with E-state index in [1.807, 2.05) is 6.92 Å². The van der Waals surface area contributed by atoms with Gasteiger partial charge in [0.05, 0.1) is 0 Å². The molecule has 5 heavy (non-hydrogen) atoms. The van der Waals surface area contributed by atoms with E-state index in [-0.39, 0.29) is 0 Å². The number of hydrogen-bond donors (Lipinski definition) is 1. The Morgan fingerprint density at radius 1 is 2.00 bits per heavy atom. The summed E-state index contributed by atoms with van der Waals surface area (Å²) in [4.78, 5) is 0. The van der Waals surface area contributed by atoms with Gasteiger partial charge in [0.1, 0.15) is 0 Å². The van der Waals surface area contributed by atoms with Gasteiger partial charge in [-0.25, -0.2) is 0 Å². The van der Waals surface area contributed by atoms with Crippen LogP contribution in [0, 0.1) is 0 Å². The van der Waals surface area contributed by atoms with Crippen molar-refractivity contribution in [1.29, 1.82) is 0 Å². The Hall–Kier alpha value is 0.479. The van der Waals surface area contributed by atoms with E-state index < -0.39 is 0 Å². The fourth-order valence-corrected chi connectivity index (χ4v) is 0. The van der Waals surface area contributed by atoms with Crippen molar-refractivity contribution in [2.75, 3.05) is 0 Å². The van der Waals surface area contributed by atoms with Gasteiger partial charge in [-0.2, -0.15) is 0 Å². The van der Waals surface area contributed by atoms with E-state index in [1.165, 1.54) is 0 Å². The third kappa shape index (κ3) is 4.48. The molecule has 0 aromatic heterocycles.